The lowest BCUT2D eigenvalue weighted by Gasteiger charge is -2.08. The Hall–Kier alpha value is -1.95. The van der Waals surface area contributed by atoms with Crippen LogP contribution in [0.2, 0.25) is 10.4 Å². The highest BCUT2D eigenvalue weighted by atomic mass is 35.5. The molecule has 0 aliphatic heterocycles. The number of nitrogens with zero attached hydrogens (tertiary/aromatic N) is 3. The number of nitriles is 1. The number of rotatable bonds is 3. The topological polar surface area (TPSA) is 95.7 Å². The van der Waals surface area contributed by atoms with Crippen LogP contribution in [-0.2, 0) is 10.0 Å². The highest BCUT2D eigenvalue weighted by Crippen LogP contribution is 2.20. The average Bonchev–Trinajstić information content (AvgIpc) is 2.37. The van der Waals surface area contributed by atoms with Gasteiger partial charge in [0.05, 0.1) is 10.5 Å². The van der Waals surface area contributed by atoms with E-state index in [9.17, 15) is 12.8 Å². The van der Waals surface area contributed by atoms with Crippen LogP contribution in [-0.4, -0.2) is 18.4 Å². The van der Waals surface area contributed by atoms with Crippen molar-refractivity contribution in [2.75, 3.05) is 4.72 Å². The predicted octanol–water partition coefficient (Wildman–Crippen LogP) is 2.59. The molecule has 0 bridgehead atoms. The number of halogens is 3. The molecule has 10 heteroatoms. The molecule has 0 unspecified atom stereocenters. The van der Waals surface area contributed by atoms with Crippen molar-refractivity contribution in [1.29, 1.82) is 5.26 Å². The van der Waals surface area contributed by atoms with Crippen molar-refractivity contribution in [3.05, 3.63) is 46.1 Å². The highest BCUT2D eigenvalue weighted by Gasteiger charge is 2.18. The first-order valence-electron chi connectivity index (χ1n) is 5.24. The van der Waals surface area contributed by atoms with Gasteiger partial charge in [0, 0.05) is 6.07 Å². The first-order valence-corrected chi connectivity index (χ1v) is 7.48. The third-order valence-corrected chi connectivity index (χ3v) is 3.99. The van der Waals surface area contributed by atoms with Gasteiger partial charge in [-0.2, -0.15) is 10.2 Å². The van der Waals surface area contributed by atoms with Gasteiger partial charge in [0.1, 0.15) is 22.9 Å². The molecule has 0 aliphatic rings. The van der Waals surface area contributed by atoms with Gasteiger partial charge in [0.15, 0.2) is 0 Å². The molecule has 0 aliphatic carbocycles. The molecule has 1 aromatic heterocycles. The zero-order chi connectivity index (χ0) is 15.6. The molecule has 0 spiro atoms. The molecule has 0 amide bonds. The van der Waals surface area contributed by atoms with Crippen LogP contribution >= 0.6 is 23.2 Å². The Kier molecular flexibility index (Phi) is 4.27. The van der Waals surface area contributed by atoms with E-state index in [1.165, 1.54) is 0 Å². The van der Waals surface area contributed by atoms with Crippen LogP contribution in [0.5, 0.6) is 0 Å². The maximum atomic E-state index is 13.2. The van der Waals surface area contributed by atoms with Crippen molar-refractivity contribution in [2.45, 2.75) is 4.90 Å². The molecule has 1 N–H and O–H groups in total. The second-order valence-corrected chi connectivity index (χ2v) is 6.11. The molecule has 0 radical (unpaired) electrons. The first-order chi connectivity index (χ1) is 9.81. The van der Waals surface area contributed by atoms with E-state index in [0.29, 0.717) is 0 Å². The fourth-order valence-corrected chi connectivity index (χ4v) is 2.82. The molecule has 1 heterocycles. The van der Waals surface area contributed by atoms with Crippen LogP contribution in [0.4, 0.5) is 10.2 Å². The Morgan fingerprint density at radius 1 is 1.24 bits per heavy atom. The molecule has 0 saturated heterocycles. The first kappa shape index (κ1) is 15.4. The average molecular weight is 347 g/mol. The minimum Gasteiger partial charge on any atom is -0.263 e. The van der Waals surface area contributed by atoms with Crippen LogP contribution in [0.1, 0.15) is 5.56 Å². The number of sulfonamides is 1. The van der Waals surface area contributed by atoms with Crippen molar-refractivity contribution >= 4 is 39.0 Å². The second-order valence-electron chi connectivity index (χ2n) is 3.70. The van der Waals surface area contributed by atoms with E-state index >= 15 is 0 Å². The summed E-state index contributed by atoms with van der Waals surface area (Å²) in [5, 5.41) is 8.42. The zero-order valence-electron chi connectivity index (χ0n) is 10.0. The number of nitrogens with one attached hydrogen (secondary N) is 1. The monoisotopic (exact) mass is 346 g/mol. The Balaban J connectivity index is 2.41. The summed E-state index contributed by atoms with van der Waals surface area (Å²) in [5.41, 5.74) is -0.392. The highest BCUT2D eigenvalue weighted by molar-refractivity contribution is 7.92. The Labute approximate surface area is 129 Å². The summed E-state index contributed by atoms with van der Waals surface area (Å²) in [4.78, 5) is 6.91. The largest absolute Gasteiger partial charge is 0.263 e. The minimum absolute atomic E-state index is 0.0514. The van der Waals surface area contributed by atoms with Gasteiger partial charge in [-0.1, -0.05) is 11.6 Å². The molecule has 108 valence electrons. The van der Waals surface area contributed by atoms with E-state index in [1.54, 1.807) is 6.07 Å². The predicted molar refractivity (Wildman–Crippen MR) is 74.0 cm³/mol. The summed E-state index contributed by atoms with van der Waals surface area (Å²) < 4.78 is 39.5. The fourth-order valence-electron chi connectivity index (χ4n) is 1.40. The van der Waals surface area contributed by atoms with E-state index in [-0.39, 0.29) is 21.2 Å². The summed E-state index contributed by atoms with van der Waals surface area (Å²) in [6.07, 6.45) is 0. The third-order valence-electron chi connectivity index (χ3n) is 2.28. The third kappa shape index (κ3) is 3.58. The van der Waals surface area contributed by atoms with Crippen molar-refractivity contribution in [3.63, 3.8) is 0 Å². The summed E-state index contributed by atoms with van der Waals surface area (Å²) in [6.45, 7) is 0. The van der Waals surface area contributed by atoms with Crippen LogP contribution < -0.4 is 4.72 Å². The van der Waals surface area contributed by atoms with E-state index in [2.05, 4.69) is 14.7 Å². The zero-order valence-corrected chi connectivity index (χ0v) is 12.3. The standard InChI is InChI=1S/C11H5Cl2FN4O2S/c12-9-4-10(17-11(13)16-9)18-21(19,20)7-1-2-8(14)6(3-7)5-15/h1-4H,(H,16,17,18). The van der Waals surface area contributed by atoms with Crippen molar-refractivity contribution in [2.24, 2.45) is 0 Å². The number of hydrogen-bond acceptors (Lipinski definition) is 5. The normalized spacial score (nSPS) is 11.0. The van der Waals surface area contributed by atoms with E-state index < -0.39 is 21.4 Å². The quantitative estimate of drug-likeness (QED) is 0.680. The van der Waals surface area contributed by atoms with Gasteiger partial charge >= 0.3 is 0 Å². The molecular formula is C11H5Cl2FN4O2S. The molecule has 2 aromatic rings. The maximum absolute atomic E-state index is 13.2. The Morgan fingerprint density at radius 2 is 1.95 bits per heavy atom. The second kappa shape index (κ2) is 5.81. The summed E-state index contributed by atoms with van der Waals surface area (Å²) in [6, 6.07) is 5.51. The smallest absolute Gasteiger partial charge is 0.263 e. The van der Waals surface area contributed by atoms with E-state index in [0.717, 1.165) is 24.3 Å². The molecule has 2 rings (SSSR count). The van der Waals surface area contributed by atoms with Crippen LogP contribution in [0, 0.1) is 17.1 Å². The molecule has 0 fully saturated rings. The van der Waals surface area contributed by atoms with E-state index in [1.807, 2.05) is 0 Å². The van der Waals surface area contributed by atoms with Crippen LogP contribution in [0.25, 0.3) is 0 Å². The number of hydrogen-bond donors (Lipinski definition) is 1. The summed E-state index contributed by atoms with van der Waals surface area (Å²) in [5.74, 6) is -0.965. The summed E-state index contributed by atoms with van der Waals surface area (Å²) in [7, 11) is -4.07. The van der Waals surface area contributed by atoms with Crippen LogP contribution in [0.15, 0.2) is 29.2 Å². The number of aromatic nitrogens is 2. The molecule has 0 atom stereocenters. The van der Waals surface area contributed by atoms with Gasteiger partial charge in [-0.3, -0.25) is 4.72 Å². The molecular weight excluding hydrogens is 342 g/mol. The molecule has 6 nitrogen and oxygen atoms in total. The van der Waals surface area contributed by atoms with Crippen molar-refractivity contribution in [1.82, 2.24) is 9.97 Å². The van der Waals surface area contributed by atoms with Crippen LogP contribution in [0.3, 0.4) is 0 Å². The van der Waals surface area contributed by atoms with Gasteiger partial charge < -0.3 is 0 Å². The minimum atomic E-state index is -4.07. The lowest BCUT2D eigenvalue weighted by Crippen LogP contribution is -2.14. The SMILES string of the molecule is N#Cc1cc(S(=O)(=O)Nc2cc(Cl)nc(Cl)n2)ccc1F. The lowest BCUT2D eigenvalue weighted by molar-refractivity contribution is 0.599. The van der Waals surface area contributed by atoms with Gasteiger partial charge in [0.25, 0.3) is 10.0 Å². The van der Waals surface area contributed by atoms with Gasteiger partial charge in [-0.05, 0) is 29.8 Å². The molecule has 1 aromatic carbocycles. The van der Waals surface area contributed by atoms with E-state index in [4.69, 9.17) is 28.5 Å². The van der Waals surface area contributed by atoms with Gasteiger partial charge in [-0.15, -0.1) is 0 Å². The fraction of sp³-hybridized carbons (Fsp3) is 0. The summed E-state index contributed by atoms with van der Waals surface area (Å²) >= 11 is 11.2. The number of anilines is 1. The van der Waals surface area contributed by atoms with Gasteiger partial charge in [0.2, 0.25) is 5.28 Å². The van der Waals surface area contributed by atoms with Gasteiger partial charge in [-0.25, -0.2) is 17.8 Å². The Morgan fingerprint density at radius 3 is 2.57 bits per heavy atom. The lowest BCUT2D eigenvalue weighted by atomic mass is 10.2. The van der Waals surface area contributed by atoms with Crippen molar-refractivity contribution < 1.29 is 12.8 Å². The maximum Gasteiger partial charge on any atom is 0.263 e. The Bertz CT molecular complexity index is 832. The number of benzene rings is 1. The van der Waals surface area contributed by atoms with Crippen molar-refractivity contribution in [3.8, 4) is 6.07 Å². The molecule has 21 heavy (non-hydrogen) atoms. The molecule has 0 saturated carbocycles.